The molecule has 0 amide bonds. The highest BCUT2D eigenvalue weighted by atomic mass is 19.1. The lowest BCUT2D eigenvalue weighted by Crippen LogP contribution is -2.10. The van der Waals surface area contributed by atoms with Crippen molar-refractivity contribution >= 4 is 0 Å². The van der Waals surface area contributed by atoms with Crippen molar-refractivity contribution in [2.24, 2.45) is 5.92 Å². The maximum atomic E-state index is 13.3. The Hall–Kier alpha value is -0.960. The van der Waals surface area contributed by atoms with Crippen LogP contribution >= 0.6 is 0 Å². The van der Waals surface area contributed by atoms with E-state index in [2.05, 4.69) is 5.32 Å². The molecule has 0 aromatic heterocycles. The van der Waals surface area contributed by atoms with Gasteiger partial charge in [0.05, 0.1) is 0 Å². The number of benzene rings is 1. The second-order valence-electron chi connectivity index (χ2n) is 3.80. The predicted octanol–water partition coefficient (Wildman–Crippen LogP) is 2.29. The molecular weight excluding hydrogens is 184 g/mol. The summed E-state index contributed by atoms with van der Waals surface area (Å²) in [6.45, 7) is 0.832. The van der Waals surface area contributed by atoms with Crippen LogP contribution in [0.2, 0.25) is 0 Å². The average Bonchev–Trinajstić information content (AvgIpc) is 2.85. The van der Waals surface area contributed by atoms with Crippen LogP contribution < -0.4 is 5.32 Å². The van der Waals surface area contributed by atoms with E-state index < -0.39 is 11.6 Å². The molecule has 76 valence electrons. The molecule has 14 heavy (non-hydrogen) atoms. The first kappa shape index (κ1) is 9.59. The molecule has 2 rings (SSSR count). The maximum Gasteiger partial charge on any atom is 0.129 e. The van der Waals surface area contributed by atoms with Crippen LogP contribution in [0.1, 0.15) is 17.9 Å². The number of hydrogen-bond acceptors (Lipinski definition) is 1. The van der Waals surface area contributed by atoms with Gasteiger partial charge in [0.15, 0.2) is 0 Å². The zero-order chi connectivity index (χ0) is 10.1. The van der Waals surface area contributed by atoms with Gasteiger partial charge in [0.1, 0.15) is 11.6 Å². The van der Waals surface area contributed by atoms with Gasteiger partial charge in [-0.05, 0) is 44.0 Å². The minimum Gasteiger partial charge on any atom is -0.319 e. The predicted molar refractivity (Wildman–Crippen MR) is 51.1 cm³/mol. The monoisotopic (exact) mass is 197 g/mol. The average molecular weight is 197 g/mol. The molecule has 2 atom stereocenters. The Kier molecular flexibility index (Phi) is 2.50. The molecule has 1 fully saturated rings. The number of rotatable bonds is 3. The van der Waals surface area contributed by atoms with E-state index in [1.807, 2.05) is 7.05 Å². The molecule has 1 N–H and O–H groups in total. The smallest absolute Gasteiger partial charge is 0.129 e. The van der Waals surface area contributed by atoms with Crippen LogP contribution in [0.25, 0.3) is 0 Å². The van der Waals surface area contributed by atoms with Crippen LogP contribution in [-0.4, -0.2) is 13.6 Å². The SMILES string of the molecule is CNC[C@@H]1C[C@H]1c1c(F)cccc1F. The fraction of sp³-hybridized carbons (Fsp3) is 0.455. The lowest BCUT2D eigenvalue weighted by molar-refractivity contribution is 0.549. The lowest BCUT2D eigenvalue weighted by atomic mass is 10.1. The Morgan fingerprint density at radius 1 is 1.36 bits per heavy atom. The van der Waals surface area contributed by atoms with Crippen molar-refractivity contribution in [2.45, 2.75) is 12.3 Å². The van der Waals surface area contributed by atoms with Gasteiger partial charge in [0.2, 0.25) is 0 Å². The summed E-state index contributed by atoms with van der Waals surface area (Å²) in [5, 5.41) is 3.02. The highest BCUT2D eigenvalue weighted by molar-refractivity contribution is 5.29. The van der Waals surface area contributed by atoms with E-state index >= 15 is 0 Å². The molecule has 1 aliphatic rings. The van der Waals surface area contributed by atoms with Gasteiger partial charge in [-0.15, -0.1) is 0 Å². The molecule has 1 aromatic carbocycles. The third-order valence-corrected chi connectivity index (χ3v) is 2.76. The summed E-state index contributed by atoms with van der Waals surface area (Å²) in [5.41, 5.74) is 0.271. The van der Waals surface area contributed by atoms with Crippen molar-refractivity contribution < 1.29 is 8.78 Å². The van der Waals surface area contributed by atoms with Gasteiger partial charge in [0, 0.05) is 5.56 Å². The minimum atomic E-state index is -0.409. The lowest BCUT2D eigenvalue weighted by Gasteiger charge is -2.03. The van der Waals surface area contributed by atoms with E-state index in [0.717, 1.165) is 13.0 Å². The molecule has 0 bridgehead atoms. The van der Waals surface area contributed by atoms with Crippen LogP contribution in [0, 0.1) is 17.6 Å². The number of halogens is 2. The number of nitrogens with one attached hydrogen (secondary N) is 1. The van der Waals surface area contributed by atoms with Gasteiger partial charge >= 0.3 is 0 Å². The van der Waals surface area contributed by atoms with Crippen LogP contribution in [0.4, 0.5) is 8.78 Å². The second kappa shape index (κ2) is 3.65. The summed E-state index contributed by atoms with van der Waals surface area (Å²) in [6.07, 6.45) is 0.888. The standard InChI is InChI=1S/C11H13F2N/c1-14-6-7-5-8(7)11-9(12)3-2-4-10(11)13/h2-4,7-8,14H,5-6H2,1H3/t7-,8+/m0/s1. The molecule has 1 aliphatic carbocycles. The van der Waals surface area contributed by atoms with Gasteiger partial charge < -0.3 is 5.32 Å². The Morgan fingerprint density at radius 2 is 2.00 bits per heavy atom. The molecule has 1 aromatic rings. The zero-order valence-corrected chi connectivity index (χ0v) is 8.06. The van der Waals surface area contributed by atoms with Crippen LogP contribution in [-0.2, 0) is 0 Å². The summed E-state index contributed by atoms with van der Waals surface area (Å²) in [5.74, 6) is -0.350. The van der Waals surface area contributed by atoms with Crippen molar-refractivity contribution in [1.29, 1.82) is 0 Å². The molecule has 0 aliphatic heterocycles. The molecule has 0 saturated heterocycles. The normalized spacial score (nSPS) is 25.1. The van der Waals surface area contributed by atoms with Crippen molar-refractivity contribution in [3.8, 4) is 0 Å². The van der Waals surface area contributed by atoms with Gasteiger partial charge in [-0.25, -0.2) is 8.78 Å². The van der Waals surface area contributed by atoms with E-state index in [4.69, 9.17) is 0 Å². The van der Waals surface area contributed by atoms with E-state index in [-0.39, 0.29) is 11.5 Å². The van der Waals surface area contributed by atoms with Crippen LogP contribution in [0.3, 0.4) is 0 Å². The first-order valence-corrected chi connectivity index (χ1v) is 4.82. The van der Waals surface area contributed by atoms with E-state index in [1.54, 1.807) is 0 Å². The fourth-order valence-electron chi connectivity index (χ4n) is 1.95. The summed E-state index contributed by atoms with van der Waals surface area (Å²) in [6, 6.07) is 4.06. The first-order valence-electron chi connectivity index (χ1n) is 4.82. The van der Waals surface area contributed by atoms with Gasteiger partial charge in [-0.1, -0.05) is 6.07 Å². The summed E-state index contributed by atoms with van der Waals surface area (Å²) in [4.78, 5) is 0. The zero-order valence-electron chi connectivity index (χ0n) is 8.06. The maximum absolute atomic E-state index is 13.3. The molecule has 0 spiro atoms. The molecule has 0 heterocycles. The number of hydrogen-bond donors (Lipinski definition) is 1. The van der Waals surface area contributed by atoms with E-state index in [9.17, 15) is 8.78 Å². The van der Waals surface area contributed by atoms with Crippen molar-refractivity contribution in [2.75, 3.05) is 13.6 Å². The van der Waals surface area contributed by atoms with Gasteiger partial charge in [-0.2, -0.15) is 0 Å². The summed E-state index contributed by atoms with van der Waals surface area (Å²) in [7, 11) is 1.85. The fourth-order valence-corrected chi connectivity index (χ4v) is 1.95. The molecule has 3 heteroatoms. The van der Waals surface area contributed by atoms with Crippen molar-refractivity contribution in [3.63, 3.8) is 0 Å². The second-order valence-corrected chi connectivity index (χ2v) is 3.80. The largest absolute Gasteiger partial charge is 0.319 e. The summed E-state index contributed by atoms with van der Waals surface area (Å²) < 4.78 is 26.6. The topological polar surface area (TPSA) is 12.0 Å². The van der Waals surface area contributed by atoms with Crippen LogP contribution in [0.15, 0.2) is 18.2 Å². The van der Waals surface area contributed by atoms with Gasteiger partial charge in [-0.3, -0.25) is 0 Å². The molecule has 1 saturated carbocycles. The quantitative estimate of drug-likeness (QED) is 0.784. The Labute approximate surface area is 82.1 Å². The Balaban J connectivity index is 2.18. The first-order chi connectivity index (χ1) is 6.74. The van der Waals surface area contributed by atoms with Crippen molar-refractivity contribution in [3.05, 3.63) is 35.4 Å². The molecule has 0 unspecified atom stereocenters. The third-order valence-electron chi connectivity index (χ3n) is 2.76. The Morgan fingerprint density at radius 3 is 2.57 bits per heavy atom. The van der Waals surface area contributed by atoms with E-state index in [1.165, 1.54) is 18.2 Å². The molecule has 0 radical (unpaired) electrons. The minimum absolute atomic E-state index is 0.0728. The summed E-state index contributed by atoms with van der Waals surface area (Å²) >= 11 is 0. The van der Waals surface area contributed by atoms with E-state index in [0.29, 0.717) is 5.92 Å². The van der Waals surface area contributed by atoms with Crippen LogP contribution in [0.5, 0.6) is 0 Å². The molecule has 1 nitrogen and oxygen atoms in total. The molecular formula is C11H13F2N. The Bertz CT molecular complexity index is 318. The third kappa shape index (κ3) is 1.64. The van der Waals surface area contributed by atoms with Gasteiger partial charge in [0.25, 0.3) is 0 Å². The highest BCUT2D eigenvalue weighted by Crippen LogP contribution is 2.48. The highest BCUT2D eigenvalue weighted by Gasteiger charge is 2.40. The van der Waals surface area contributed by atoms with Crippen molar-refractivity contribution in [1.82, 2.24) is 5.32 Å².